The molecule has 0 aliphatic rings. The van der Waals surface area contributed by atoms with Gasteiger partial charge in [-0.2, -0.15) is 0 Å². The summed E-state index contributed by atoms with van der Waals surface area (Å²) >= 11 is 0. The van der Waals surface area contributed by atoms with Crippen molar-refractivity contribution >= 4 is 0 Å². The average molecular weight is 398 g/mol. The maximum absolute atomic E-state index is 4.72. The van der Waals surface area contributed by atoms with Gasteiger partial charge in [-0.05, 0) is 0 Å². The van der Waals surface area contributed by atoms with Crippen LogP contribution in [0.5, 0.6) is 0 Å². The Hall–Kier alpha value is 3.83. The van der Waals surface area contributed by atoms with E-state index >= 15 is 0 Å². The molecular weight excluding hydrogens is 393 g/mol. The predicted octanol–water partition coefficient (Wildman–Crippen LogP) is 0.978. The van der Waals surface area contributed by atoms with Gasteiger partial charge in [-0.3, -0.25) is 6.08 Å². The van der Waals surface area contributed by atoms with Gasteiger partial charge in [-0.1, -0.05) is 6.92 Å². The van der Waals surface area contributed by atoms with Gasteiger partial charge in [0.15, 0.2) is 0 Å². The fraction of sp³-hybridized carbons (Fsp3) is 0.333. The first-order chi connectivity index (χ1) is 1.41. The second-order valence-electron chi connectivity index (χ2n) is 0.333. The summed E-state index contributed by atoms with van der Waals surface area (Å²) in [4.78, 5) is 0. The van der Waals surface area contributed by atoms with Crippen molar-refractivity contribution in [2.75, 3.05) is 0 Å². The molecule has 7 radical (unpaired) electrons. The third kappa shape index (κ3) is 94.6. The van der Waals surface area contributed by atoms with Gasteiger partial charge in [0, 0.05) is 130 Å². The van der Waals surface area contributed by atoms with E-state index in [1.807, 2.05) is 0 Å². The Morgan fingerprint density at radius 1 is 0.700 bits per heavy atom. The molecule has 0 aliphatic carbocycles. The molecule has 0 N–H and O–H groups in total. The molecular formula is C3H5V7-. The zero-order chi connectivity index (χ0) is 2.71. The van der Waals surface area contributed by atoms with Gasteiger partial charge in [0.1, 0.15) is 0 Å². The van der Waals surface area contributed by atoms with Crippen molar-refractivity contribution < 1.29 is 130 Å². The van der Waals surface area contributed by atoms with E-state index in [1.165, 1.54) is 6.08 Å². The molecule has 0 saturated heterocycles. The Bertz CT molecular complexity index is 16.3. The van der Waals surface area contributed by atoms with Gasteiger partial charge in [0.05, 0.1) is 0 Å². The van der Waals surface area contributed by atoms with Crippen LogP contribution in [-0.4, -0.2) is 0 Å². The van der Waals surface area contributed by atoms with E-state index in [0.29, 0.717) is 0 Å². The molecule has 0 unspecified atom stereocenters. The summed E-state index contributed by atoms with van der Waals surface area (Å²) < 4.78 is 0. The maximum Gasteiger partial charge on any atom is 0 e. The van der Waals surface area contributed by atoms with E-state index in [4.69, 9.17) is 6.58 Å². The monoisotopic (exact) mass is 398 g/mol. The number of hydrogen-bond donors (Lipinski definition) is 0. The van der Waals surface area contributed by atoms with Crippen molar-refractivity contribution in [3.8, 4) is 0 Å². The largest absolute Gasteiger partial charge is 0.518 e. The quantitative estimate of drug-likeness (QED) is 0.535. The van der Waals surface area contributed by atoms with Crippen LogP contribution in [-0.2, 0) is 130 Å². The van der Waals surface area contributed by atoms with Crippen LogP contribution in [0.2, 0.25) is 0 Å². The molecule has 0 atom stereocenters. The van der Waals surface area contributed by atoms with Crippen molar-refractivity contribution in [3.05, 3.63) is 12.7 Å². The van der Waals surface area contributed by atoms with Crippen molar-refractivity contribution in [2.24, 2.45) is 0 Å². The number of allylic oxidation sites excluding steroid dienone is 1. The molecule has 0 heterocycles. The molecule has 0 nitrogen and oxygen atoms in total. The van der Waals surface area contributed by atoms with Gasteiger partial charge < -0.3 is 6.58 Å². The zero-order valence-corrected chi connectivity index (χ0v) is 15.1. The molecule has 0 amide bonds. The third-order valence-corrected chi connectivity index (χ3v) is 0. The number of rotatable bonds is 0. The predicted molar refractivity (Wildman–Crippen MR) is 14.5 cm³/mol. The summed E-state index contributed by atoms with van der Waals surface area (Å²) in [6, 6.07) is 0. The molecule has 0 saturated carbocycles. The van der Waals surface area contributed by atoms with E-state index in [1.54, 1.807) is 6.92 Å². The fourth-order valence-electron chi connectivity index (χ4n) is 0. The van der Waals surface area contributed by atoms with Crippen LogP contribution < -0.4 is 0 Å². The zero-order valence-electron chi connectivity index (χ0n) is 5.29. The molecule has 0 aromatic carbocycles. The van der Waals surface area contributed by atoms with Crippen LogP contribution in [0, 0.1) is 6.58 Å². The first kappa shape index (κ1) is 67.0. The summed E-state index contributed by atoms with van der Waals surface area (Å²) in [6.45, 7) is 6.50. The second-order valence-corrected chi connectivity index (χ2v) is 0.333. The summed E-state index contributed by atoms with van der Waals surface area (Å²) in [5, 5.41) is 0. The van der Waals surface area contributed by atoms with Gasteiger partial charge in [-0.25, -0.2) is 0 Å². The van der Waals surface area contributed by atoms with E-state index in [-0.39, 0.29) is 130 Å². The van der Waals surface area contributed by atoms with Crippen molar-refractivity contribution in [2.45, 2.75) is 6.92 Å². The molecule has 0 fully saturated rings. The first-order valence-corrected chi connectivity index (χ1v) is 0.911. The molecule has 0 aliphatic heterocycles. The van der Waals surface area contributed by atoms with Crippen molar-refractivity contribution in [1.82, 2.24) is 0 Å². The first-order valence-electron chi connectivity index (χ1n) is 0.911. The van der Waals surface area contributed by atoms with Crippen LogP contribution >= 0.6 is 0 Å². The molecule has 7 heteroatoms. The summed E-state index contributed by atoms with van der Waals surface area (Å²) in [7, 11) is 0. The van der Waals surface area contributed by atoms with E-state index in [9.17, 15) is 0 Å². The van der Waals surface area contributed by atoms with Crippen LogP contribution in [0.1, 0.15) is 6.92 Å². The molecule has 0 aromatic rings. The minimum absolute atomic E-state index is 0. The smallest absolute Gasteiger partial charge is 0 e. The van der Waals surface area contributed by atoms with Crippen LogP contribution in [0.3, 0.4) is 0 Å². The molecule has 10 heavy (non-hydrogen) atoms. The molecule has 0 aromatic heterocycles. The van der Waals surface area contributed by atoms with Gasteiger partial charge in [-0.15, -0.1) is 0 Å². The average Bonchev–Trinajstić information content (AvgIpc) is 0.918. The SMILES string of the molecule is [CH-]=CC.[V].[V].[V].[V].[V].[V].[V]. The Labute approximate surface area is 147 Å². The normalized spacial score (nSPS) is 1.30. The van der Waals surface area contributed by atoms with Gasteiger partial charge >= 0.3 is 0 Å². The Balaban J connectivity index is -0.000000000952. The van der Waals surface area contributed by atoms with Gasteiger partial charge in [0.2, 0.25) is 0 Å². The van der Waals surface area contributed by atoms with Crippen molar-refractivity contribution in [3.63, 3.8) is 0 Å². The van der Waals surface area contributed by atoms with E-state index in [2.05, 4.69) is 0 Å². The Kier molecular flexibility index (Phi) is 515. The Morgan fingerprint density at radius 3 is 0.700 bits per heavy atom. The minimum atomic E-state index is 0. The minimum Gasteiger partial charge on any atom is -0.518 e. The van der Waals surface area contributed by atoms with Crippen LogP contribution in [0.25, 0.3) is 0 Å². The summed E-state index contributed by atoms with van der Waals surface area (Å²) in [5.74, 6) is 0. The number of hydrogen-bond acceptors (Lipinski definition) is 0. The third-order valence-electron chi connectivity index (χ3n) is 0. The van der Waals surface area contributed by atoms with E-state index in [0.717, 1.165) is 0 Å². The second kappa shape index (κ2) is 77.0. The summed E-state index contributed by atoms with van der Waals surface area (Å²) in [6.07, 6.45) is 1.50. The molecule has 53 valence electrons. The molecule has 0 rings (SSSR count). The standard InChI is InChI=1S/C3H5.7V/c1-3-2;;;;;;;/h1,3H,2H3;;;;;;;/q-1;;;;;;;. The molecule has 0 spiro atoms. The Morgan fingerprint density at radius 2 is 0.700 bits per heavy atom. The van der Waals surface area contributed by atoms with Crippen LogP contribution in [0.15, 0.2) is 6.08 Å². The van der Waals surface area contributed by atoms with E-state index < -0.39 is 0 Å². The summed E-state index contributed by atoms with van der Waals surface area (Å²) in [5.41, 5.74) is 0. The van der Waals surface area contributed by atoms with Gasteiger partial charge in [0.25, 0.3) is 0 Å². The maximum atomic E-state index is 4.72. The van der Waals surface area contributed by atoms with Crippen molar-refractivity contribution in [1.29, 1.82) is 0 Å². The topological polar surface area (TPSA) is 0 Å². The van der Waals surface area contributed by atoms with Crippen LogP contribution in [0.4, 0.5) is 0 Å². The molecule has 0 bridgehead atoms. The fourth-order valence-corrected chi connectivity index (χ4v) is 0.